The van der Waals surface area contributed by atoms with E-state index < -0.39 is 23.7 Å². The van der Waals surface area contributed by atoms with E-state index in [9.17, 15) is 19.2 Å². The molecule has 27 heavy (non-hydrogen) atoms. The Kier molecular flexibility index (Phi) is 4.25. The smallest absolute Gasteiger partial charge is 0.255 e. The molecule has 1 aromatic rings. The van der Waals surface area contributed by atoms with Gasteiger partial charge in [-0.25, -0.2) is 4.39 Å². The molecule has 7 nitrogen and oxygen atoms in total. The maximum absolute atomic E-state index is 15.2. The molecule has 140 valence electrons. The van der Waals surface area contributed by atoms with Crippen LogP contribution in [0, 0.1) is 5.82 Å². The number of nitrogens with one attached hydrogen (secondary N) is 1. The first-order valence-electron chi connectivity index (χ1n) is 8.84. The van der Waals surface area contributed by atoms with Crippen LogP contribution in [0.25, 0.3) is 5.57 Å². The van der Waals surface area contributed by atoms with Gasteiger partial charge in [0, 0.05) is 36.2 Å². The molecule has 0 aromatic heterocycles. The quantitative estimate of drug-likeness (QED) is 0.630. The number of fused-ring (bicyclic) bond motifs is 1. The van der Waals surface area contributed by atoms with Crippen LogP contribution >= 0.6 is 0 Å². The van der Waals surface area contributed by atoms with Gasteiger partial charge < -0.3 is 9.80 Å². The summed E-state index contributed by atoms with van der Waals surface area (Å²) in [5, 5.41) is 2.23. The number of carbonyl (C=O) groups is 4. The van der Waals surface area contributed by atoms with Gasteiger partial charge in [0.1, 0.15) is 11.9 Å². The summed E-state index contributed by atoms with van der Waals surface area (Å²) in [4.78, 5) is 49.8. The molecule has 3 aliphatic rings. The first-order chi connectivity index (χ1) is 13.0. The van der Waals surface area contributed by atoms with Gasteiger partial charge in [-0.05, 0) is 24.5 Å². The minimum Gasteiger partial charge on any atom is -0.341 e. The molecular formula is C19H18FN3O4. The largest absolute Gasteiger partial charge is 0.341 e. The van der Waals surface area contributed by atoms with E-state index in [1.54, 1.807) is 17.0 Å². The van der Waals surface area contributed by atoms with Crippen molar-refractivity contribution in [2.45, 2.75) is 31.8 Å². The highest BCUT2D eigenvalue weighted by Crippen LogP contribution is 2.34. The fourth-order valence-corrected chi connectivity index (χ4v) is 3.88. The summed E-state index contributed by atoms with van der Waals surface area (Å²) in [6, 6.07) is 2.41. The van der Waals surface area contributed by atoms with Crippen LogP contribution in [-0.4, -0.2) is 53.1 Å². The second-order valence-electron chi connectivity index (χ2n) is 6.93. The van der Waals surface area contributed by atoms with Gasteiger partial charge in [0.2, 0.25) is 18.2 Å². The van der Waals surface area contributed by atoms with E-state index in [1.807, 2.05) is 6.08 Å². The predicted molar refractivity (Wildman–Crippen MR) is 92.7 cm³/mol. The van der Waals surface area contributed by atoms with E-state index in [0.29, 0.717) is 25.1 Å². The summed E-state index contributed by atoms with van der Waals surface area (Å²) >= 11 is 0. The van der Waals surface area contributed by atoms with E-state index >= 15 is 4.39 Å². The average molecular weight is 371 g/mol. The molecule has 1 aromatic carbocycles. The molecule has 1 saturated heterocycles. The average Bonchev–Trinajstić information content (AvgIpc) is 3.00. The van der Waals surface area contributed by atoms with Crippen LogP contribution in [0.5, 0.6) is 0 Å². The van der Waals surface area contributed by atoms with Crippen molar-refractivity contribution in [3.05, 3.63) is 40.7 Å². The van der Waals surface area contributed by atoms with Crippen molar-refractivity contribution in [1.82, 2.24) is 15.1 Å². The number of hydrogen-bond donors (Lipinski definition) is 1. The van der Waals surface area contributed by atoms with Crippen molar-refractivity contribution in [2.24, 2.45) is 0 Å². The van der Waals surface area contributed by atoms with Crippen LogP contribution < -0.4 is 5.32 Å². The Morgan fingerprint density at radius 3 is 2.59 bits per heavy atom. The maximum Gasteiger partial charge on any atom is 0.255 e. The normalized spacial score (nSPS) is 22.5. The zero-order valence-electron chi connectivity index (χ0n) is 14.5. The fourth-order valence-electron chi connectivity index (χ4n) is 3.88. The number of halogens is 1. The van der Waals surface area contributed by atoms with Crippen LogP contribution in [0.1, 0.15) is 40.7 Å². The second-order valence-corrected chi connectivity index (χ2v) is 6.93. The third kappa shape index (κ3) is 2.90. The minimum absolute atomic E-state index is 0.00780. The molecule has 3 heterocycles. The Morgan fingerprint density at radius 1 is 1.15 bits per heavy atom. The number of benzene rings is 1. The molecule has 1 fully saturated rings. The lowest BCUT2D eigenvalue weighted by molar-refractivity contribution is -0.137. The van der Waals surface area contributed by atoms with Gasteiger partial charge in [-0.15, -0.1) is 0 Å². The van der Waals surface area contributed by atoms with Crippen molar-refractivity contribution in [3.8, 4) is 0 Å². The van der Waals surface area contributed by atoms with Crippen LogP contribution in [0.4, 0.5) is 4.39 Å². The molecule has 1 atom stereocenters. The highest BCUT2D eigenvalue weighted by atomic mass is 19.1. The summed E-state index contributed by atoms with van der Waals surface area (Å²) in [7, 11) is 0. The highest BCUT2D eigenvalue weighted by molar-refractivity contribution is 6.05. The van der Waals surface area contributed by atoms with E-state index in [1.165, 1.54) is 4.90 Å². The third-order valence-corrected chi connectivity index (χ3v) is 5.38. The van der Waals surface area contributed by atoms with E-state index in [0.717, 1.165) is 12.0 Å². The lowest BCUT2D eigenvalue weighted by atomic mass is 9.95. The first kappa shape index (κ1) is 17.4. The van der Waals surface area contributed by atoms with Gasteiger partial charge >= 0.3 is 0 Å². The molecule has 1 unspecified atom stereocenters. The number of rotatable bonds is 3. The maximum atomic E-state index is 15.2. The van der Waals surface area contributed by atoms with Gasteiger partial charge in [0.15, 0.2) is 0 Å². The van der Waals surface area contributed by atoms with Gasteiger partial charge in [-0.2, -0.15) is 0 Å². The van der Waals surface area contributed by atoms with Crippen molar-refractivity contribution in [1.29, 1.82) is 0 Å². The van der Waals surface area contributed by atoms with Crippen molar-refractivity contribution in [2.75, 3.05) is 13.1 Å². The summed E-state index contributed by atoms with van der Waals surface area (Å²) in [5.41, 5.74) is 1.77. The summed E-state index contributed by atoms with van der Waals surface area (Å²) in [5.74, 6) is -1.73. The second kappa shape index (κ2) is 6.61. The third-order valence-electron chi connectivity index (χ3n) is 5.38. The molecule has 3 aliphatic heterocycles. The number of hydrogen-bond acceptors (Lipinski definition) is 4. The van der Waals surface area contributed by atoms with E-state index in [4.69, 9.17) is 0 Å². The molecule has 0 bridgehead atoms. The Labute approximate surface area is 154 Å². The standard InChI is InChI=1S/C19H18FN3O4/c20-17-12(11-5-7-22(10-24)8-6-11)1-2-13-14(17)9-23(19(13)27)15-3-4-16(25)21-18(15)26/h1-2,5,10,15H,3-4,6-9H2,(H,21,25,26). The van der Waals surface area contributed by atoms with Gasteiger partial charge in [0.25, 0.3) is 5.91 Å². The van der Waals surface area contributed by atoms with Crippen molar-refractivity contribution >= 4 is 29.7 Å². The Hall–Kier alpha value is -3.03. The van der Waals surface area contributed by atoms with Gasteiger partial charge in [-0.3, -0.25) is 24.5 Å². The number of nitrogens with zero attached hydrogens (tertiary/aromatic N) is 2. The SMILES string of the molecule is O=CN1CC=C(c2ccc3c(c2F)CN(C2CCC(=O)NC2=O)C3=O)CC1. The van der Waals surface area contributed by atoms with Crippen LogP contribution in [0.3, 0.4) is 0 Å². The Balaban J connectivity index is 1.62. The topological polar surface area (TPSA) is 86.8 Å². The van der Waals surface area contributed by atoms with Gasteiger partial charge in [-0.1, -0.05) is 12.1 Å². The number of piperidine rings is 1. The van der Waals surface area contributed by atoms with Crippen molar-refractivity contribution in [3.63, 3.8) is 0 Å². The molecular weight excluding hydrogens is 353 g/mol. The van der Waals surface area contributed by atoms with Gasteiger partial charge in [0.05, 0.1) is 6.54 Å². The summed E-state index contributed by atoms with van der Waals surface area (Å²) < 4.78 is 15.2. The van der Waals surface area contributed by atoms with Crippen LogP contribution in [0.15, 0.2) is 18.2 Å². The molecule has 0 spiro atoms. The monoisotopic (exact) mass is 371 g/mol. The zero-order valence-corrected chi connectivity index (χ0v) is 14.5. The first-order valence-corrected chi connectivity index (χ1v) is 8.84. The number of amides is 4. The predicted octanol–water partition coefficient (Wildman–Crippen LogP) is 0.832. The fraction of sp³-hybridized carbons (Fsp3) is 0.368. The molecule has 4 rings (SSSR count). The molecule has 0 saturated carbocycles. The summed E-state index contributed by atoms with van der Waals surface area (Å²) in [6.07, 6.45) is 3.52. The number of carbonyl (C=O) groups excluding carboxylic acids is 4. The molecule has 4 amide bonds. The minimum atomic E-state index is -0.763. The Morgan fingerprint density at radius 2 is 1.93 bits per heavy atom. The Bertz CT molecular complexity index is 895. The summed E-state index contributed by atoms with van der Waals surface area (Å²) in [6.45, 7) is 0.956. The van der Waals surface area contributed by atoms with Crippen LogP contribution in [0.2, 0.25) is 0 Å². The molecule has 1 N–H and O–H groups in total. The lowest BCUT2D eigenvalue weighted by Crippen LogP contribution is -2.52. The number of imide groups is 1. The lowest BCUT2D eigenvalue weighted by Gasteiger charge is -2.29. The van der Waals surface area contributed by atoms with Crippen molar-refractivity contribution < 1.29 is 23.6 Å². The zero-order chi connectivity index (χ0) is 19.1. The van der Waals surface area contributed by atoms with E-state index in [2.05, 4.69) is 5.32 Å². The molecule has 0 aliphatic carbocycles. The molecule has 8 heteroatoms. The van der Waals surface area contributed by atoms with E-state index in [-0.39, 0.29) is 36.4 Å². The highest BCUT2D eigenvalue weighted by Gasteiger charge is 2.40. The van der Waals surface area contributed by atoms with Crippen LogP contribution in [-0.2, 0) is 20.9 Å². The molecule has 0 radical (unpaired) electrons.